The maximum atomic E-state index is 12.7. The summed E-state index contributed by atoms with van der Waals surface area (Å²) in [5.74, 6) is -0.988. The molecule has 0 saturated heterocycles. The van der Waals surface area contributed by atoms with Gasteiger partial charge in [-0.25, -0.2) is 4.79 Å². The topological polar surface area (TPSA) is 60.9 Å². The van der Waals surface area contributed by atoms with Crippen LogP contribution in [0.1, 0.15) is 31.4 Å². The highest BCUT2D eigenvalue weighted by Gasteiger charge is 2.29. The van der Waals surface area contributed by atoms with Crippen molar-refractivity contribution in [1.82, 2.24) is 4.90 Å². The number of urea groups is 1. The normalized spacial score (nSPS) is 14.0. The van der Waals surface area contributed by atoms with E-state index in [9.17, 15) is 9.59 Å². The molecule has 0 unspecified atom stereocenters. The first-order valence-electron chi connectivity index (χ1n) is 7.29. The minimum atomic E-state index is -0.988. The monoisotopic (exact) mass is 290 g/mol. The SMILES string of the molecule is Cc1ccc2c(c1)CCCN2C(=O)N(CC(=O)O)C(C)C. The molecular weight excluding hydrogens is 268 g/mol. The highest BCUT2D eigenvalue weighted by atomic mass is 16.4. The molecular formula is C16H22N2O3. The molecule has 0 radical (unpaired) electrons. The average Bonchev–Trinajstić information content (AvgIpc) is 2.42. The van der Waals surface area contributed by atoms with Crippen molar-refractivity contribution in [3.8, 4) is 0 Å². The fourth-order valence-electron chi connectivity index (χ4n) is 2.70. The summed E-state index contributed by atoms with van der Waals surface area (Å²) in [5, 5.41) is 9.00. The summed E-state index contributed by atoms with van der Waals surface area (Å²) in [5.41, 5.74) is 3.25. The average molecular weight is 290 g/mol. The number of carbonyl (C=O) groups is 2. The minimum Gasteiger partial charge on any atom is -0.480 e. The Labute approximate surface area is 125 Å². The molecule has 0 aliphatic carbocycles. The third-order valence-corrected chi connectivity index (χ3v) is 3.76. The Kier molecular flexibility index (Phi) is 4.50. The Balaban J connectivity index is 2.29. The zero-order valence-corrected chi connectivity index (χ0v) is 12.8. The number of carboxylic acid groups (broad SMARTS) is 1. The second-order valence-electron chi connectivity index (χ2n) is 5.79. The van der Waals surface area contributed by atoms with Gasteiger partial charge in [0.2, 0.25) is 0 Å². The Hall–Kier alpha value is -2.04. The quantitative estimate of drug-likeness (QED) is 0.931. The molecule has 2 amide bonds. The zero-order valence-electron chi connectivity index (χ0n) is 12.8. The van der Waals surface area contributed by atoms with Gasteiger partial charge in [0.15, 0.2) is 0 Å². The van der Waals surface area contributed by atoms with Gasteiger partial charge in [0.05, 0.1) is 0 Å². The Morgan fingerprint density at radius 2 is 2.10 bits per heavy atom. The molecule has 1 aromatic rings. The van der Waals surface area contributed by atoms with E-state index in [1.54, 1.807) is 4.90 Å². The van der Waals surface area contributed by atoms with Crippen molar-refractivity contribution in [2.45, 2.75) is 39.7 Å². The maximum Gasteiger partial charge on any atom is 0.325 e. The summed E-state index contributed by atoms with van der Waals surface area (Å²) in [7, 11) is 0. The van der Waals surface area contributed by atoms with E-state index < -0.39 is 5.97 Å². The van der Waals surface area contributed by atoms with Gasteiger partial charge < -0.3 is 10.0 Å². The van der Waals surface area contributed by atoms with Crippen LogP contribution in [0.3, 0.4) is 0 Å². The van der Waals surface area contributed by atoms with E-state index in [1.807, 2.05) is 32.9 Å². The van der Waals surface area contributed by atoms with Crippen molar-refractivity contribution in [1.29, 1.82) is 0 Å². The molecule has 5 nitrogen and oxygen atoms in total. The third kappa shape index (κ3) is 3.35. The fourth-order valence-corrected chi connectivity index (χ4v) is 2.70. The second kappa shape index (κ2) is 6.16. The number of hydrogen-bond donors (Lipinski definition) is 1. The lowest BCUT2D eigenvalue weighted by Gasteiger charge is -2.35. The van der Waals surface area contributed by atoms with Crippen LogP contribution in [0.4, 0.5) is 10.5 Å². The van der Waals surface area contributed by atoms with Gasteiger partial charge in [-0.2, -0.15) is 0 Å². The molecule has 5 heteroatoms. The van der Waals surface area contributed by atoms with Crippen LogP contribution in [0.2, 0.25) is 0 Å². The molecule has 1 aliphatic heterocycles. The van der Waals surface area contributed by atoms with E-state index in [4.69, 9.17) is 5.11 Å². The van der Waals surface area contributed by atoms with Gasteiger partial charge in [0, 0.05) is 18.3 Å². The molecule has 2 rings (SSSR count). The van der Waals surface area contributed by atoms with E-state index in [-0.39, 0.29) is 18.6 Å². The number of carboxylic acids is 1. The Morgan fingerprint density at radius 3 is 2.71 bits per heavy atom. The summed E-state index contributed by atoms with van der Waals surface area (Å²) in [6.45, 7) is 6.07. The van der Waals surface area contributed by atoms with Gasteiger partial charge in [-0.15, -0.1) is 0 Å². The van der Waals surface area contributed by atoms with Crippen LogP contribution in [-0.4, -0.2) is 41.1 Å². The van der Waals surface area contributed by atoms with Crippen molar-refractivity contribution in [3.05, 3.63) is 29.3 Å². The molecule has 0 saturated carbocycles. The highest BCUT2D eigenvalue weighted by Crippen LogP contribution is 2.29. The maximum absolute atomic E-state index is 12.7. The number of carbonyl (C=O) groups excluding carboxylic acids is 1. The van der Waals surface area contributed by atoms with Gasteiger partial charge in [0.25, 0.3) is 0 Å². The molecule has 0 bridgehead atoms. The van der Waals surface area contributed by atoms with E-state index in [1.165, 1.54) is 10.5 Å². The lowest BCUT2D eigenvalue weighted by atomic mass is 10.00. The van der Waals surface area contributed by atoms with Gasteiger partial charge in [-0.3, -0.25) is 9.69 Å². The Bertz CT molecular complexity index is 554. The van der Waals surface area contributed by atoms with Crippen molar-refractivity contribution in [3.63, 3.8) is 0 Å². The van der Waals surface area contributed by atoms with Crippen molar-refractivity contribution >= 4 is 17.7 Å². The van der Waals surface area contributed by atoms with Gasteiger partial charge in [-0.1, -0.05) is 17.7 Å². The number of benzene rings is 1. The van der Waals surface area contributed by atoms with E-state index in [0.29, 0.717) is 6.54 Å². The molecule has 1 aliphatic rings. The van der Waals surface area contributed by atoms with E-state index in [2.05, 4.69) is 6.07 Å². The molecule has 21 heavy (non-hydrogen) atoms. The minimum absolute atomic E-state index is 0.149. The standard InChI is InChI=1S/C16H22N2O3/c1-11(2)18(10-15(19)20)16(21)17-8-4-5-13-9-12(3)6-7-14(13)17/h6-7,9,11H,4-5,8,10H2,1-3H3,(H,19,20). The number of nitrogens with zero attached hydrogens (tertiary/aromatic N) is 2. The van der Waals surface area contributed by atoms with E-state index >= 15 is 0 Å². The van der Waals surface area contributed by atoms with Crippen molar-refractivity contribution in [2.24, 2.45) is 0 Å². The summed E-state index contributed by atoms with van der Waals surface area (Å²) in [6.07, 6.45) is 1.86. The highest BCUT2D eigenvalue weighted by molar-refractivity contribution is 5.95. The largest absolute Gasteiger partial charge is 0.480 e. The first-order valence-corrected chi connectivity index (χ1v) is 7.29. The summed E-state index contributed by atoms with van der Waals surface area (Å²) < 4.78 is 0. The van der Waals surface area contributed by atoms with Crippen molar-refractivity contribution < 1.29 is 14.7 Å². The lowest BCUT2D eigenvalue weighted by Crippen LogP contribution is -2.50. The first kappa shape index (κ1) is 15.4. The van der Waals surface area contributed by atoms with Crippen LogP contribution < -0.4 is 4.90 Å². The molecule has 0 spiro atoms. The summed E-state index contributed by atoms with van der Waals surface area (Å²) in [6, 6.07) is 5.68. The smallest absolute Gasteiger partial charge is 0.325 e. The molecule has 114 valence electrons. The number of anilines is 1. The predicted molar refractivity (Wildman–Crippen MR) is 81.7 cm³/mol. The summed E-state index contributed by atoms with van der Waals surface area (Å²) in [4.78, 5) is 26.8. The fraction of sp³-hybridized carbons (Fsp3) is 0.500. The van der Waals surface area contributed by atoms with Crippen molar-refractivity contribution in [2.75, 3.05) is 18.0 Å². The molecule has 1 N–H and O–H groups in total. The molecule has 1 heterocycles. The van der Waals surface area contributed by atoms with Gasteiger partial charge >= 0.3 is 12.0 Å². The van der Waals surface area contributed by atoms with Crippen LogP contribution in [0.5, 0.6) is 0 Å². The molecule has 1 aromatic carbocycles. The number of rotatable bonds is 3. The number of fused-ring (bicyclic) bond motifs is 1. The van der Waals surface area contributed by atoms with Crippen LogP contribution in [0.15, 0.2) is 18.2 Å². The number of amides is 2. The van der Waals surface area contributed by atoms with Gasteiger partial charge in [0.1, 0.15) is 6.54 Å². The number of aliphatic carboxylic acids is 1. The molecule has 0 aromatic heterocycles. The van der Waals surface area contributed by atoms with Gasteiger partial charge in [-0.05, 0) is 45.2 Å². The molecule has 0 fully saturated rings. The predicted octanol–water partition coefficient (Wildman–Crippen LogP) is 2.66. The van der Waals surface area contributed by atoms with Crippen LogP contribution in [0, 0.1) is 6.92 Å². The number of aryl methyl sites for hydroxylation is 2. The van der Waals surface area contributed by atoms with Crippen LogP contribution in [-0.2, 0) is 11.2 Å². The van der Waals surface area contributed by atoms with Crippen LogP contribution in [0.25, 0.3) is 0 Å². The zero-order chi connectivity index (χ0) is 15.6. The van der Waals surface area contributed by atoms with Crippen LogP contribution >= 0.6 is 0 Å². The number of hydrogen-bond acceptors (Lipinski definition) is 2. The van der Waals surface area contributed by atoms with E-state index in [0.717, 1.165) is 24.1 Å². The first-order chi connectivity index (χ1) is 9.90. The second-order valence-corrected chi connectivity index (χ2v) is 5.79. The molecule has 0 atom stereocenters. The lowest BCUT2D eigenvalue weighted by molar-refractivity contribution is -0.137. The third-order valence-electron chi connectivity index (χ3n) is 3.76. The summed E-state index contributed by atoms with van der Waals surface area (Å²) >= 11 is 0. The Morgan fingerprint density at radius 1 is 1.38 bits per heavy atom.